The van der Waals surface area contributed by atoms with Crippen LogP contribution in [0.25, 0.3) is 0 Å². The highest BCUT2D eigenvalue weighted by Gasteiger charge is 2.46. The number of para-hydroxylation sites is 1. The summed E-state index contributed by atoms with van der Waals surface area (Å²) in [5, 5.41) is 4.86. The van der Waals surface area contributed by atoms with Gasteiger partial charge in [-0.25, -0.2) is 0 Å². The summed E-state index contributed by atoms with van der Waals surface area (Å²) in [6.45, 7) is 0. The zero-order chi connectivity index (χ0) is 21.8. The van der Waals surface area contributed by atoms with E-state index in [4.69, 9.17) is 4.74 Å². The fourth-order valence-corrected chi connectivity index (χ4v) is 4.36. The Bertz CT molecular complexity index is 1050. The number of carbonyl (C=O) groups is 2. The van der Waals surface area contributed by atoms with Crippen LogP contribution in [0, 0.1) is 5.92 Å². The topological polar surface area (TPSA) is 67.4 Å². The second kappa shape index (κ2) is 7.28. The molecule has 2 N–H and O–H groups in total. The number of halogens is 3. The lowest BCUT2D eigenvalue weighted by atomic mass is 9.89. The number of hydrogen-bond acceptors (Lipinski definition) is 3. The normalized spacial score (nSPS) is 25.0. The maximum absolute atomic E-state index is 13.0. The lowest BCUT2D eigenvalue weighted by Crippen LogP contribution is -2.54. The van der Waals surface area contributed by atoms with Gasteiger partial charge in [-0.1, -0.05) is 24.3 Å². The molecule has 0 spiro atoms. The van der Waals surface area contributed by atoms with E-state index in [1.807, 2.05) is 41.7 Å². The van der Waals surface area contributed by atoms with Gasteiger partial charge in [0.2, 0.25) is 11.8 Å². The summed E-state index contributed by atoms with van der Waals surface area (Å²) in [4.78, 5) is 25.3. The summed E-state index contributed by atoms with van der Waals surface area (Å²) in [6, 6.07) is 10.8. The van der Waals surface area contributed by atoms with Gasteiger partial charge < -0.3 is 15.4 Å². The van der Waals surface area contributed by atoms with E-state index in [1.165, 1.54) is 5.56 Å². The number of fused-ring (bicyclic) bond motifs is 2. The van der Waals surface area contributed by atoms with E-state index in [0.29, 0.717) is 17.4 Å². The number of nitrogens with one attached hydrogen (secondary N) is 2. The van der Waals surface area contributed by atoms with Crippen LogP contribution >= 0.6 is 0 Å². The number of ether oxygens (including phenoxy) is 1. The van der Waals surface area contributed by atoms with Crippen molar-refractivity contribution in [3.8, 4) is 11.5 Å². The average Bonchev–Trinajstić information content (AvgIpc) is 3.58. The molecular weight excluding hydrogens is 409 g/mol. The molecule has 2 amide bonds. The van der Waals surface area contributed by atoms with Crippen LogP contribution in [0.4, 0.5) is 13.2 Å². The molecule has 1 saturated heterocycles. The van der Waals surface area contributed by atoms with Gasteiger partial charge in [0.25, 0.3) is 0 Å². The summed E-state index contributed by atoms with van der Waals surface area (Å²) in [5.41, 5.74) is 2.71. The maximum atomic E-state index is 13.0. The number of amides is 2. The van der Waals surface area contributed by atoms with Crippen LogP contribution in [0.2, 0.25) is 0 Å². The average molecular weight is 430 g/mol. The van der Waals surface area contributed by atoms with E-state index in [9.17, 15) is 22.8 Å². The molecule has 2 aliphatic heterocycles. The molecule has 3 unspecified atom stereocenters. The number of hydrogen-bond donors (Lipinski definition) is 2. The maximum Gasteiger partial charge on any atom is 0.408 e. The van der Waals surface area contributed by atoms with Crippen LogP contribution in [0.3, 0.4) is 0 Å². The van der Waals surface area contributed by atoms with Crippen LogP contribution in [0.15, 0.2) is 42.5 Å². The van der Waals surface area contributed by atoms with E-state index in [-0.39, 0.29) is 12.8 Å². The van der Waals surface area contributed by atoms with E-state index < -0.39 is 36.0 Å². The summed E-state index contributed by atoms with van der Waals surface area (Å²) in [5.74, 6) is -0.907. The van der Waals surface area contributed by atoms with Gasteiger partial charge in [0.1, 0.15) is 23.5 Å². The van der Waals surface area contributed by atoms with Gasteiger partial charge in [-0.05, 0) is 55.4 Å². The van der Waals surface area contributed by atoms with Crippen LogP contribution in [-0.2, 0) is 9.59 Å². The molecule has 0 aromatic heterocycles. The van der Waals surface area contributed by atoms with Crippen molar-refractivity contribution in [1.82, 2.24) is 10.6 Å². The minimum Gasteiger partial charge on any atom is -0.457 e. The van der Waals surface area contributed by atoms with Crippen molar-refractivity contribution in [3.05, 3.63) is 59.2 Å². The zero-order valence-corrected chi connectivity index (χ0v) is 16.5. The molecule has 31 heavy (non-hydrogen) atoms. The number of piperidine rings is 1. The fourth-order valence-electron chi connectivity index (χ4n) is 4.36. The smallest absolute Gasteiger partial charge is 0.408 e. The molecule has 0 radical (unpaired) electrons. The highest BCUT2D eigenvalue weighted by atomic mass is 19.4. The molecule has 1 saturated carbocycles. The molecule has 3 atom stereocenters. The third-order valence-corrected chi connectivity index (χ3v) is 6.22. The van der Waals surface area contributed by atoms with E-state index in [0.717, 1.165) is 24.0 Å². The molecule has 5 rings (SSSR count). The SMILES string of the molecule is O=C(NC1c2ccccc2Oc2ccc(C3CC3)cc21)C1CCC(C(F)(F)F)NC1=O. The first-order valence-corrected chi connectivity index (χ1v) is 10.4. The van der Waals surface area contributed by atoms with Gasteiger partial charge in [-0.15, -0.1) is 0 Å². The highest BCUT2D eigenvalue weighted by Crippen LogP contribution is 2.47. The summed E-state index contributed by atoms with van der Waals surface area (Å²) >= 11 is 0. The van der Waals surface area contributed by atoms with Gasteiger partial charge in [0, 0.05) is 11.1 Å². The lowest BCUT2D eigenvalue weighted by Gasteiger charge is -2.33. The zero-order valence-electron chi connectivity index (χ0n) is 16.5. The van der Waals surface area contributed by atoms with Crippen LogP contribution in [-0.4, -0.2) is 24.0 Å². The van der Waals surface area contributed by atoms with Crippen molar-refractivity contribution in [2.24, 2.45) is 5.92 Å². The van der Waals surface area contributed by atoms with Crippen molar-refractivity contribution in [2.45, 2.75) is 49.9 Å². The quantitative estimate of drug-likeness (QED) is 0.713. The Morgan fingerprint density at radius 1 is 1.00 bits per heavy atom. The Balaban J connectivity index is 1.42. The van der Waals surface area contributed by atoms with Crippen molar-refractivity contribution in [2.75, 3.05) is 0 Å². The molecule has 1 aliphatic carbocycles. The van der Waals surface area contributed by atoms with Crippen molar-refractivity contribution in [1.29, 1.82) is 0 Å². The Morgan fingerprint density at radius 3 is 2.45 bits per heavy atom. The van der Waals surface area contributed by atoms with Crippen molar-refractivity contribution >= 4 is 11.8 Å². The molecule has 2 aromatic rings. The molecule has 2 fully saturated rings. The minimum atomic E-state index is -4.52. The third-order valence-electron chi connectivity index (χ3n) is 6.22. The summed E-state index contributed by atoms with van der Waals surface area (Å²) in [7, 11) is 0. The predicted molar refractivity (Wildman–Crippen MR) is 106 cm³/mol. The Morgan fingerprint density at radius 2 is 1.74 bits per heavy atom. The number of alkyl halides is 3. The monoisotopic (exact) mass is 430 g/mol. The van der Waals surface area contributed by atoms with E-state index >= 15 is 0 Å². The minimum absolute atomic E-state index is 0.151. The Kier molecular flexibility index (Phi) is 4.68. The molecule has 5 nitrogen and oxygen atoms in total. The Hall–Kier alpha value is -3.03. The first-order valence-electron chi connectivity index (χ1n) is 10.4. The molecule has 3 aliphatic rings. The molecule has 2 aromatic carbocycles. The summed E-state index contributed by atoms with van der Waals surface area (Å²) < 4.78 is 44.8. The van der Waals surface area contributed by atoms with Gasteiger partial charge in [0.15, 0.2) is 0 Å². The third kappa shape index (κ3) is 3.75. The molecular formula is C23H21F3N2O3. The van der Waals surface area contributed by atoms with Crippen LogP contribution in [0.5, 0.6) is 11.5 Å². The molecule has 0 bridgehead atoms. The van der Waals surface area contributed by atoms with Crippen LogP contribution in [0.1, 0.15) is 54.3 Å². The van der Waals surface area contributed by atoms with E-state index in [2.05, 4.69) is 5.32 Å². The first kappa shape index (κ1) is 19.9. The second-order valence-electron chi connectivity index (χ2n) is 8.39. The van der Waals surface area contributed by atoms with Crippen LogP contribution < -0.4 is 15.4 Å². The number of rotatable bonds is 3. The Labute approximate surface area is 177 Å². The van der Waals surface area contributed by atoms with Gasteiger partial charge in [-0.3, -0.25) is 9.59 Å². The summed E-state index contributed by atoms with van der Waals surface area (Å²) in [6.07, 6.45) is -2.75. The number of benzene rings is 2. The van der Waals surface area contributed by atoms with Gasteiger partial charge >= 0.3 is 6.18 Å². The molecule has 2 heterocycles. The van der Waals surface area contributed by atoms with E-state index in [1.54, 1.807) is 6.07 Å². The lowest BCUT2D eigenvalue weighted by molar-refractivity contribution is -0.171. The first-order chi connectivity index (χ1) is 14.8. The second-order valence-corrected chi connectivity index (χ2v) is 8.39. The standard InChI is InChI=1S/C23H21F3N2O3/c24-23(25,26)19-10-8-15(21(29)27-19)22(30)28-20-14-3-1-2-4-17(14)31-18-9-7-13(11-16(18)20)12-5-6-12/h1-4,7,9,11-12,15,19-20H,5-6,8,10H2,(H,27,29)(H,28,30). The van der Waals surface area contributed by atoms with Gasteiger partial charge in [0.05, 0.1) is 6.04 Å². The highest BCUT2D eigenvalue weighted by molar-refractivity contribution is 6.01. The molecule has 8 heteroatoms. The predicted octanol–water partition coefficient (Wildman–Crippen LogP) is 4.33. The van der Waals surface area contributed by atoms with Crippen molar-refractivity contribution in [3.63, 3.8) is 0 Å². The molecule has 162 valence electrons. The fraction of sp³-hybridized carbons (Fsp3) is 0.391. The largest absolute Gasteiger partial charge is 0.457 e. The van der Waals surface area contributed by atoms with Crippen molar-refractivity contribution < 1.29 is 27.5 Å². The number of carbonyl (C=O) groups excluding carboxylic acids is 2. The van der Waals surface area contributed by atoms with Gasteiger partial charge in [-0.2, -0.15) is 13.2 Å².